The van der Waals surface area contributed by atoms with Crippen molar-refractivity contribution in [2.45, 2.75) is 26.3 Å². The number of piperidine rings is 1. The van der Waals surface area contributed by atoms with Gasteiger partial charge in [-0.25, -0.2) is 4.98 Å². The van der Waals surface area contributed by atoms with Crippen molar-refractivity contribution in [1.82, 2.24) is 9.55 Å². The molecule has 0 amide bonds. The summed E-state index contributed by atoms with van der Waals surface area (Å²) in [5.41, 5.74) is 5.68. The van der Waals surface area contributed by atoms with Crippen LogP contribution in [0.25, 0.3) is 0 Å². The molecule has 4 nitrogen and oxygen atoms in total. The second-order valence-electron chi connectivity index (χ2n) is 4.18. The van der Waals surface area contributed by atoms with Crippen molar-refractivity contribution in [3.63, 3.8) is 0 Å². The summed E-state index contributed by atoms with van der Waals surface area (Å²) in [4.78, 5) is 6.79. The van der Waals surface area contributed by atoms with Crippen LogP contribution in [0.4, 0.5) is 5.95 Å². The summed E-state index contributed by atoms with van der Waals surface area (Å²) in [5.74, 6) is 1.83. The lowest BCUT2D eigenvalue weighted by Crippen LogP contribution is -2.37. The predicted molar refractivity (Wildman–Crippen MR) is 61.9 cm³/mol. The predicted octanol–water partition coefficient (Wildman–Crippen LogP) is 1.08. The van der Waals surface area contributed by atoms with E-state index in [0.717, 1.165) is 32.1 Å². The highest BCUT2D eigenvalue weighted by Crippen LogP contribution is 2.21. The lowest BCUT2D eigenvalue weighted by atomic mass is 9.97. The monoisotopic (exact) mass is 208 g/mol. The highest BCUT2D eigenvalue weighted by molar-refractivity contribution is 5.31. The quantitative estimate of drug-likeness (QED) is 0.808. The van der Waals surface area contributed by atoms with Gasteiger partial charge in [0.2, 0.25) is 5.95 Å². The van der Waals surface area contributed by atoms with Crippen LogP contribution in [0.3, 0.4) is 0 Å². The van der Waals surface area contributed by atoms with E-state index >= 15 is 0 Å². The summed E-state index contributed by atoms with van der Waals surface area (Å²) in [6, 6.07) is 0. The Morgan fingerprint density at radius 1 is 1.47 bits per heavy atom. The molecule has 0 radical (unpaired) electrons. The molecule has 1 fully saturated rings. The van der Waals surface area contributed by atoms with Crippen LogP contribution in [0, 0.1) is 5.92 Å². The van der Waals surface area contributed by atoms with Gasteiger partial charge in [-0.2, -0.15) is 0 Å². The molecule has 2 rings (SSSR count). The van der Waals surface area contributed by atoms with Crippen molar-refractivity contribution in [2.24, 2.45) is 11.7 Å². The van der Waals surface area contributed by atoms with Crippen LogP contribution in [0.15, 0.2) is 12.4 Å². The van der Waals surface area contributed by atoms with Gasteiger partial charge in [-0.05, 0) is 32.2 Å². The van der Waals surface area contributed by atoms with Crippen molar-refractivity contribution < 1.29 is 0 Å². The van der Waals surface area contributed by atoms with E-state index < -0.39 is 0 Å². The maximum Gasteiger partial charge on any atom is 0.205 e. The van der Waals surface area contributed by atoms with Gasteiger partial charge in [-0.15, -0.1) is 0 Å². The Morgan fingerprint density at radius 3 is 2.80 bits per heavy atom. The lowest BCUT2D eigenvalue weighted by Gasteiger charge is -2.32. The van der Waals surface area contributed by atoms with E-state index in [2.05, 4.69) is 21.4 Å². The Labute approximate surface area is 91.1 Å². The van der Waals surface area contributed by atoms with E-state index in [-0.39, 0.29) is 0 Å². The van der Waals surface area contributed by atoms with Crippen molar-refractivity contribution in [1.29, 1.82) is 0 Å². The third-order valence-electron chi connectivity index (χ3n) is 3.26. The van der Waals surface area contributed by atoms with Gasteiger partial charge in [-0.1, -0.05) is 0 Å². The third-order valence-corrected chi connectivity index (χ3v) is 3.26. The molecule has 84 valence electrons. The maximum atomic E-state index is 5.68. The van der Waals surface area contributed by atoms with Crippen molar-refractivity contribution >= 4 is 5.95 Å². The van der Waals surface area contributed by atoms with Crippen molar-refractivity contribution in [2.75, 3.05) is 24.5 Å². The summed E-state index contributed by atoms with van der Waals surface area (Å²) in [5, 5.41) is 0. The van der Waals surface area contributed by atoms with E-state index in [1.54, 1.807) is 0 Å². The topological polar surface area (TPSA) is 47.1 Å². The first-order chi connectivity index (χ1) is 7.35. The highest BCUT2D eigenvalue weighted by atomic mass is 15.3. The van der Waals surface area contributed by atoms with E-state index in [1.807, 2.05) is 12.4 Å². The molecule has 4 heteroatoms. The molecule has 0 saturated carbocycles. The normalized spacial score (nSPS) is 18.4. The number of nitrogens with zero attached hydrogens (tertiary/aromatic N) is 3. The van der Waals surface area contributed by atoms with E-state index in [1.165, 1.54) is 12.8 Å². The zero-order valence-corrected chi connectivity index (χ0v) is 9.39. The molecule has 0 unspecified atom stereocenters. The van der Waals surface area contributed by atoms with Crippen molar-refractivity contribution in [3.05, 3.63) is 12.4 Å². The fourth-order valence-electron chi connectivity index (χ4n) is 2.20. The molecule has 2 heterocycles. The zero-order chi connectivity index (χ0) is 10.7. The first-order valence-corrected chi connectivity index (χ1v) is 5.81. The average Bonchev–Trinajstić information content (AvgIpc) is 2.77. The minimum atomic E-state index is 0.714. The number of hydrogen-bond acceptors (Lipinski definition) is 3. The smallest absolute Gasteiger partial charge is 0.205 e. The molecule has 1 aliphatic rings. The molecule has 1 saturated heterocycles. The van der Waals surface area contributed by atoms with Gasteiger partial charge in [0.05, 0.1) is 0 Å². The minimum absolute atomic E-state index is 0.714. The summed E-state index contributed by atoms with van der Waals surface area (Å²) in [7, 11) is 0. The van der Waals surface area contributed by atoms with Crippen LogP contribution in [0.2, 0.25) is 0 Å². The van der Waals surface area contributed by atoms with Crippen LogP contribution in [-0.4, -0.2) is 29.2 Å². The molecule has 0 aliphatic carbocycles. The molecule has 0 atom stereocenters. The third kappa shape index (κ3) is 2.15. The fourth-order valence-corrected chi connectivity index (χ4v) is 2.20. The van der Waals surface area contributed by atoms with E-state index in [0.29, 0.717) is 5.92 Å². The summed E-state index contributed by atoms with van der Waals surface area (Å²) in [6.45, 7) is 6.16. The van der Waals surface area contributed by atoms with E-state index in [9.17, 15) is 0 Å². The molecular weight excluding hydrogens is 188 g/mol. The molecule has 1 aromatic rings. The SMILES string of the molecule is CCn1ccnc1N1CCC(CN)CC1. The molecule has 1 aliphatic heterocycles. The van der Waals surface area contributed by atoms with Gasteiger partial charge in [0.15, 0.2) is 0 Å². The number of nitrogens with two attached hydrogens (primary N) is 1. The number of anilines is 1. The molecule has 0 bridgehead atoms. The fraction of sp³-hybridized carbons (Fsp3) is 0.727. The summed E-state index contributed by atoms with van der Waals surface area (Å²) < 4.78 is 2.20. The van der Waals surface area contributed by atoms with Gasteiger partial charge in [0, 0.05) is 32.0 Å². The Balaban J connectivity index is 2.01. The first-order valence-electron chi connectivity index (χ1n) is 5.81. The van der Waals surface area contributed by atoms with Crippen LogP contribution in [-0.2, 0) is 6.54 Å². The standard InChI is InChI=1S/C11H20N4/c1-2-14-8-5-13-11(14)15-6-3-10(9-12)4-7-15/h5,8,10H,2-4,6-7,9,12H2,1H3. The van der Waals surface area contributed by atoms with Crippen LogP contribution in [0.5, 0.6) is 0 Å². The van der Waals surface area contributed by atoms with Crippen LogP contribution < -0.4 is 10.6 Å². The van der Waals surface area contributed by atoms with E-state index in [4.69, 9.17) is 5.73 Å². The summed E-state index contributed by atoms with van der Waals surface area (Å²) in [6.07, 6.45) is 6.33. The Morgan fingerprint density at radius 2 is 2.20 bits per heavy atom. The minimum Gasteiger partial charge on any atom is -0.342 e. The number of aryl methyl sites for hydroxylation is 1. The Bertz CT molecular complexity index is 299. The average molecular weight is 208 g/mol. The van der Waals surface area contributed by atoms with Gasteiger partial charge < -0.3 is 15.2 Å². The van der Waals surface area contributed by atoms with Gasteiger partial charge in [0.1, 0.15) is 0 Å². The highest BCUT2D eigenvalue weighted by Gasteiger charge is 2.20. The Hall–Kier alpha value is -1.03. The van der Waals surface area contributed by atoms with Gasteiger partial charge >= 0.3 is 0 Å². The van der Waals surface area contributed by atoms with Gasteiger partial charge in [-0.3, -0.25) is 0 Å². The molecule has 1 aromatic heterocycles. The molecule has 0 spiro atoms. The van der Waals surface area contributed by atoms with Crippen LogP contribution >= 0.6 is 0 Å². The van der Waals surface area contributed by atoms with Gasteiger partial charge in [0.25, 0.3) is 0 Å². The number of rotatable bonds is 3. The molecular formula is C11H20N4. The molecule has 0 aromatic carbocycles. The Kier molecular flexibility index (Phi) is 3.26. The zero-order valence-electron chi connectivity index (χ0n) is 9.39. The summed E-state index contributed by atoms with van der Waals surface area (Å²) >= 11 is 0. The number of aromatic nitrogens is 2. The van der Waals surface area contributed by atoms with Crippen molar-refractivity contribution in [3.8, 4) is 0 Å². The second kappa shape index (κ2) is 4.66. The largest absolute Gasteiger partial charge is 0.342 e. The number of imidazole rings is 1. The molecule has 15 heavy (non-hydrogen) atoms. The molecule has 2 N–H and O–H groups in total. The lowest BCUT2D eigenvalue weighted by molar-refractivity contribution is 0.409. The maximum absolute atomic E-state index is 5.68. The van der Waals surface area contributed by atoms with Crippen LogP contribution in [0.1, 0.15) is 19.8 Å². The second-order valence-corrected chi connectivity index (χ2v) is 4.18. The first kappa shape index (κ1) is 10.5. The number of hydrogen-bond donors (Lipinski definition) is 1.